The molecule has 8 heteroatoms. The average molecular weight is 558 g/mol. The maximum atomic E-state index is 12.7. The minimum Gasteiger partial charge on any atom is -0.459 e. The van der Waals surface area contributed by atoms with E-state index in [0.717, 1.165) is 42.7 Å². The zero-order chi connectivity index (χ0) is 27.8. The number of hydrogen-bond acceptors (Lipinski definition) is 7. The van der Waals surface area contributed by atoms with Gasteiger partial charge in [-0.05, 0) is 82.2 Å². The average Bonchev–Trinajstić information content (AvgIpc) is 3.62. The van der Waals surface area contributed by atoms with Crippen molar-refractivity contribution in [2.24, 2.45) is 0 Å². The van der Waals surface area contributed by atoms with Crippen molar-refractivity contribution in [3.8, 4) is 0 Å². The van der Waals surface area contributed by atoms with E-state index in [0.29, 0.717) is 11.3 Å². The van der Waals surface area contributed by atoms with Crippen molar-refractivity contribution < 1.29 is 28.9 Å². The highest BCUT2D eigenvalue weighted by Crippen LogP contribution is 2.31. The van der Waals surface area contributed by atoms with Crippen LogP contribution in [-0.2, 0) is 31.8 Å². The van der Waals surface area contributed by atoms with E-state index >= 15 is 0 Å². The lowest BCUT2D eigenvalue weighted by molar-refractivity contribution is -0.151. The number of benzene rings is 1. The number of aliphatic hydroxyl groups excluding tert-OH is 1. The normalized spacial score (nSPS) is 22.5. The van der Waals surface area contributed by atoms with Crippen LogP contribution in [0.1, 0.15) is 92.3 Å². The molecule has 39 heavy (non-hydrogen) atoms. The summed E-state index contributed by atoms with van der Waals surface area (Å²) in [6.07, 6.45) is 9.32. The fourth-order valence-electron chi connectivity index (χ4n) is 5.52. The Morgan fingerprint density at radius 3 is 2.56 bits per heavy atom. The third-order valence-electron chi connectivity index (χ3n) is 7.53. The van der Waals surface area contributed by atoms with Crippen molar-refractivity contribution in [1.82, 2.24) is 0 Å². The Bertz CT molecular complexity index is 1080. The van der Waals surface area contributed by atoms with E-state index in [1.54, 1.807) is 19.9 Å². The van der Waals surface area contributed by atoms with Crippen LogP contribution >= 0.6 is 11.3 Å². The number of nitrogens with zero attached hydrogens (tertiary/aromatic N) is 1. The molecule has 0 unspecified atom stereocenters. The second-order valence-electron chi connectivity index (χ2n) is 11.1. The number of thiophene rings is 1. The summed E-state index contributed by atoms with van der Waals surface area (Å²) in [6.45, 7) is 5.62. The van der Waals surface area contributed by atoms with Crippen LogP contribution < -0.4 is 4.90 Å². The fraction of sp³-hybridized carbons (Fsp3) is 0.613. The van der Waals surface area contributed by atoms with Crippen LogP contribution in [0.15, 0.2) is 36.4 Å². The third-order valence-corrected chi connectivity index (χ3v) is 8.65. The number of rotatable bonds is 14. The topological polar surface area (TPSA) is 85.3 Å². The van der Waals surface area contributed by atoms with Crippen molar-refractivity contribution in [2.75, 3.05) is 18.1 Å². The van der Waals surface area contributed by atoms with Gasteiger partial charge in [0.05, 0.1) is 6.61 Å². The summed E-state index contributed by atoms with van der Waals surface area (Å²) in [7, 11) is 0. The number of ether oxygens (including phenoxy) is 3. The summed E-state index contributed by atoms with van der Waals surface area (Å²) in [6, 6.07) is 12.6. The lowest BCUT2D eigenvalue weighted by Crippen LogP contribution is -2.32. The smallest absolute Gasteiger partial charge is 0.348 e. The van der Waals surface area contributed by atoms with E-state index < -0.39 is 24.0 Å². The monoisotopic (exact) mass is 557 g/mol. The molecule has 0 bridgehead atoms. The lowest BCUT2D eigenvalue weighted by atomic mass is 10.0. The first-order chi connectivity index (χ1) is 18.8. The molecule has 214 valence electrons. The first-order valence-corrected chi connectivity index (χ1v) is 15.2. The summed E-state index contributed by atoms with van der Waals surface area (Å²) in [5.41, 5.74) is 2.34. The highest BCUT2D eigenvalue weighted by atomic mass is 32.1. The molecule has 2 saturated heterocycles. The van der Waals surface area contributed by atoms with E-state index in [2.05, 4.69) is 31.2 Å². The fourth-order valence-corrected chi connectivity index (χ4v) is 6.46. The SMILES string of the molecule is CCCCCCc1ccc(N2C(=O)CC[C@@H]2CCCc2ccc(C(=O)OC[C@H]3OC(C)(C)O[C@@H]3CO)s2)cc1. The first-order valence-electron chi connectivity index (χ1n) is 14.4. The van der Waals surface area contributed by atoms with Gasteiger partial charge in [0, 0.05) is 23.0 Å². The Labute approximate surface area is 236 Å². The molecular formula is C31H43NO6S. The number of carbonyl (C=O) groups excluding carboxylic acids is 2. The number of hydrogen-bond donors (Lipinski definition) is 1. The van der Waals surface area contributed by atoms with Gasteiger partial charge in [-0.15, -0.1) is 11.3 Å². The largest absolute Gasteiger partial charge is 0.459 e. The zero-order valence-electron chi connectivity index (χ0n) is 23.5. The second kappa shape index (κ2) is 13.9. The van der Waals surface area contributed by atoms with Gasteiger partial charge >= 0.3 is 5.97 Å². The molecule has 0 radical (unpaired) electrons. The van der Waals surface area contributed by atoms with Gasteiger partial charge in [0.2, 0.25) is 5.91 Å². The Hall–Kier alpha value is -2.26. The van der Waals surface area contributed by atoms with Crippen molar-refractivity contribution in [3.63, 3.8) is 0 Å². The quantitative estimate of drug-likeness (QED) is 0.225. The molecule has 0 aliphatic carbocycles. The number of carbonyl (C=O) groups is 2. The van der Waals surface area contributed by atoms with Crippen LogP contribution in [0.25, 0.3) is 0 Å². The number of aliphatic hydroxyl groups is 1. The molecule has 2 aliphatic heterocycles. The molecule has 1 aromatic heterocycles. The summed E-state index contributed by atoms with van der Waals surface area (Å²) in [5, 5.41) is 9.50. The van der Waals surface area contributed by atoms with Gasteiger partial charge in [-0.25, -0.2) is 4.79 Å². The Kier molecular flexibility index (Phi) is 10.6. The van der Waals surface area contributed by atoms with Gasteiger partial charge in [-0.3, -0.25) is 4.79 Å². The van der Waals surface area contributed by atoms with E-state index in [1.165, 1.54) is 42.6 Å². The maximum absolute atomic E-state index is 12.7. The van der Waals surface area contributed by atoms with Crippen LogP contribution in [0.4, 0.5) is 5.69 Å². The van der Waals surface area contributed by atoms with Crippen molar-refractivity contribution in [2.45, 2.75) is 109 Å². The molecule has 2 aliphatic rings. The predicted octanol–water partition coefficient (Wildman–Crippen LogP) is 6.06. The van der Waals surface area contributed by atoms with E-state index in [-0.39, 0.29) is 25.2 Å². The first kappa shape index (κ1) is 29.7. The molecule has 3 atom stereocenters. The van der Waals surface area contributed by atoms with Crippen LogP contribution in [0.3, 0.4) is 0 Å². The summed E-state index contributed by atoms with van der Waals surface area (Å²) in [4.78, 5) is 29.0. The van der Waals surface area contributed by atoms with Crippen LogP contribution in [0, 0.1) is 0 Å². The van der Waals surface area contributed by atoms with Gasteiger partial charge in [-0.2, -0.15) is 0 Å². The number of unbranched alkanes of at least 4 members (excludes halogenated alkanes) is 3. The number of esters is 1. The molecule has 1 N–H and O–H groups in total. The molecule has 1 aromatic carbocycles. The van der Waals surface area contributed by atoms with Crippen LogP contribution in [-0.4, -0.2) is 54.2 Å². The standard InChI is InChI=1S/C31H43NO6S/c1-4-5-6-7-9-22-12-14-24(15-13-22)32-23(16-19-29(32)34)10-8-11-25-17-18-28(39-25)30(35)36-21-27-26(20-33)37-31(2,3)38-27/h12-15,17-18,23,26-27,33H,4-11,16,19-21H2,1-3H3/t23-,26+,27+/m0/s1. The van der Waals surface area contributed by atoms with Crippen LogP contribution in [0.2, 0.25) is 0 Å². The summed E-state index contributed by atoms with van der Waals surface area (Å²) < 4.78 is 16.8. The van der Waals surface area contributed by atoms with Gasteiger partial charge < -0.3 is 24.2 Å². The van der Waals surface area contributed by atoms with E-state index in [1.807, 2.05) is 11.0 Å². The van der Waals surface area contributed by atoms with Crippen molar-refractivity contribution in [3.05, 3.63) is 51.7 Å². The van der Waals surface area contributed by atoms with E-state index in [9.17, 15) is 14.7 Å². The third kappa shape index (κ3) is 8.13. The predicted molar refractivity (Wildman–Crippen MR) is 153 cm³/mol. The van der Waals surface area contributed by atoms with Gasteiger partial charge in [0.15, 0.2) is 5.79 Å². The van der Waals surface area contributed by atoms with E-state index in [4.69, 9.17) is 14.2 Å². The van der Waals surface area contributed by atoms with Gasteiger partial charge in [-0.1, -0.05) is 38.3 Å². The Morgan fingerprint density at radius 1 is 1.05 bits per heavy atom. The molecule has 3 heterocycles. The number of aryl methyl sites for hydroxylation is 2. The van der Waals surface area contributed by atoms with Crippen molar-refractivity contribution in [1.29, 1.82) is 0 Å². The molecule has 1 amide bonds. The molecule has 2 fully saturated rings. The highest BCUT2D eigenvalue weighted by molar-refractivity contribution is 7.13. The highest BCUT2D eigenvalue weighted by Gasteiger charge is 2.41. The molecule has 7 nitrogen and oxygen atoms in total. The maximum Gasteiger partial charge on any atom is 0.348 e. The number of amides is 1. The minimum atomic E-state index is -0.808. The van der Waals surface area contributed by atoms with Crippen molar-refractivity contribution >= 4 is 28.9 Å². The summed E-state index contributed by atoms with van der Waals surface area (Å²) >= 11 is 1.44. The molecule has 0 spiro atoms. The molecule has 2 aromatic rings. The summed E-state index contributed by atoms with van der Waals surface area (Å²) in [5.74, 6) is -0.991. The zero-order valence-corrected chi connectivity index (χ0v) is 24.3. The minimum absolute atomic E-state index is 0.0338. The van der Waals surface area contributed by atoms with Gasteiger partial charge in [0.1, 0.15) is 23.7 Å². The Morgan fingerprint density at radius 2 is 1.82 bits per heavy atom. The van der Waals surface area contributed by atoms with Crippen LogP contribution in [0.5, 0.6) is 0 Å². The lowest BCUT2D eigenvalue weighted by Gasteiger charge is -2.25. The second-order valence-corrected chi connectivity index (χ2v) is 12.3. The Balaban J connectivity index is 1.23. The molecule has 0 saturated carbocycles. The number of anilines is 1. The molecule has 4 rings (SSSR count). The van der Waals surface area contributed by atoms with Gasteiger partial charge in [0.25, 0.3) is 0 Å². The molecular weight excluding hydrogens is 514 g/mol.